The number of aromatic nitrogens is 4. The molecule has 0 N–H and O–H groups in total. The van der Waals surface area contributed by atoms with Crippen molar-refractivity contribution in [3.8, 4) is 0 Å². The molecule has 0 saturated heterocycles. The van der Waals surface area contributed by atoms with Gasteiger partial charge in [0.1, 0.15) is 0 Å². The van der Waals surface area contributed by atoms with Crippen LogP contribution in [0.3, 0.4) is 0 Å². The van der Waals surface area contributed by atoms with Gasteiger partial charge in [-0.15, -0.1) is 0 Å². The first-order valence-corrected chi connectivity index (χ1v) is 7.13. The summed E-state index contributed by atoms with van der Waals surface area (Å²) < 4.78 is 3.73. The van der Waals surface area contributed by atoms with Gasteiger partial charge in [-0.05, 0) is 25.0 Å². The van der Waals surface area contributed by atoms with Gasteiger partial charge in [0.15, 0.2) is 0 Å². The van der Waals surface area contributed by atoms with E-state index in [2.05, 4.69) is 16.9 Å². The zero-order valence-corrected chi connectivity index (χ0v) is 12.2. The monoisotopic (exact) mass is 282 g/mol. The van der Waals surface area contributed by atoms with Gasteiger partial charge in [-0.25, -0.2) is 9.97 Å². The minimum Gasteiger partial charge on any atom is -0.335 e. The molecule has 0 radical (unpaired) electrons. The third-order valence-corrected chi connectivity index (χ3v) is 3.86. The van der Waals surface area contributed by atoms with E-state index in [0.717, 1.165) is 24.0 Å². The summed E-state index contributed by atoms with van der Waals surface area (Å²) in [4.78, 5) is 21.2. The Morgan fingerprint density at radius 3 is 2.86 bits per heavy atom. The van der Waals surface area contributed by atoms with Crippen molar-refractivity contribution >= 4 is 10.9 Å². The average molecular weight is 282 g/mol. The number of benzene rings is 1. The lowest BCUT2D eigenvalue weighted by Gasteiger charge is -2.19. The van der Waals surface area contributed by atoms with E-state index in [4.69, 9.17) is 0 Å². The largest absolute Gasteiger partial charge is 0.335 e. The van der Waals surface area contributed by atoms with E-state index in [9.17, 15) is 4.79 Å². The maximum absolute atomic E-state index is 12.7. The van der Waals surface area contributed by atoms with E-state index in [1.807, 2.05) is 35.9 Å². The second-order valence-corrected chi connectivity index (χ2v) is 5.25. The smallest absolute Gasteiger partial charge is 0.261 e. The highest BCUT2D eigenvalue weighted by Crippen LogP contribution is 2.16. The molecule has 108 valence electrons. The molecular formula is C16H18N4O. The number of rotatable bonds is 4. The maximum atomic E-state index is 12.7. The van der Waals surface area contributed by atoms with Crippen molar-refractivity contribution in [3.63, 3.8) is 0 Å². The molecule has 1 aromatic carbocycles. The summed E-state index contributed by atoms with van der Waals surface area (Å²) in [5.41, 5.74) is 1.84. The molecule has 1 atom stereocenters. The van der Waals surface area contributed by atoms with Crippen molar-refractivity contribution in [2.75, 3.05) is 0 Å². The first-order chi connectivity index (χ1) is 10.2. The molecule has 0 bridgehead atoms. The normalized spacial score (nSPS) is 12.7. The topological polar surface area (TPSA) is 52.7 Å². The third-order valence-electron chi connectivity index (χ3n) is 3.86. The fourth-order valence-corrected chi connectivity index (χ4v) is 2.63. The number of para-hydroxylation sites is 1. The van der Waals surface area contributed by atoms with Crippen molar-refractivity contribution in [2.24, 2.45) is 0 Å². The molecular weight excluding hydrogens is 264 g/mol. The molecule has 21 heavy (non-hydrogen) atoms. The van der Waals surface area contributed by atoms with Crippen LogP contribution in [-0.4, -0.2) is 19.1 Å². The molecule has 0 amide bonds. The van der Waals surface area contributed by atoms with Gasteiger partial charge in [0.2, 0.25) is 0 Å². The van der Waals surface area contributed by atoms with Crippen LogP contribution < -0.4 is 5.56 Å². The van der Waals surface area contributed by atoms with E-state index in [1.165, 1.54) is 0 Å². The highest BCUT2D eigenvalue weighted by atomic mass is 16.1. The van der Waals surface area contributed by atoms with E-state index < -0.39 is 0 Å². The highest BCUT2D eigenvalue weighted by Gasteiger charge is 2.14. The summed E-state index contributed by atoms with van der Waals surface area (Å²) in [6.07, 6.45) is 7.95. The summed E-state index contributed by atoms with van der Waals surface area (Å²) in [7, 11) is 0. The Morgan fingerprint density at radius 2 is 2.14 bits per heavy atom. The number of hydrogen-bond acceptors (Lipinski definition) is 3. The van der Waals surface area contributed by atoms with Gasteiger partial charge < -0.3 is 4.57 Å². The Hall–Kier alpha value is -2.43. The Balaban J connectivity index is 2.07. The second-order valence-electron chi connectivity index (χ2n) is 5.25. The van der Waals surface area contributed by atoms with Gasteiger partial charge in [-0.3, -0.25) is 9.36 Å². The van der Waals surface area contributed by atoms with Crippen molar-refractivity contribution in [3.05, 3.63) is 59.2 Å². The van der Waals surface area contributed by atoms with Crippen LogP contribution in [0.2, 0.25) is 0 Å². The molecule has 0 aliphatic carbocycles. The minimum atomic E-state index is 0.0238. The number of hydrogen-bond donors (Lipinski definition) is 0. The molecule has 5 heteroatoms. The van der Waals surface area contributed by atoms with Gasteiger partial charge in [0, 0.05) is 18.9 Å². The summed E-state index contributed by atoms with van der Waals surface area (Å²) in [6.45, 7) is 4.77. The molecule has 0 aliphatic heterocycles. The number of imidazole rings is 1. The van der Waals surface area contributed by atoms with Crippen molar-refractivity contribution < 1.29 is 0 Å². The van der Waals surface area contributed by atoms with E-state index in [1.54, 1.807) is 23.4 Å². The van der Waals surface area contributed by atoms with Crippen LogP contribution >= 0.6 is 0 Å². The van der Waals surface area contributed by atoms with Crippen molar-refractivity contribution in [2.45, 2.75) is 32.9 Å². The first-order valence-electron chi connectivity index (χ1n) is 7.13. The molecule has 0 unspecified atom stereocenters. The van der Waals surface area contributed by atoms with Gasteiger partial charge in [0.05, 0.1) is 29.6 Å². The van der Waals surface area contributed by atoms with Crippen molar-refractivity contribution in [1.82, 2.24) is 19.1 Å². The molecule has 2 aromatic heterocycles. The van der Waals surface area contributed by atoms with Gasteiger partial charge >= 0.3 is 0 Å². The van der Waals surface area contributed by atoms with Gasteiger partial charge in [-0.2, -0.15) is 0 Å². The summed E-state index contributed by atoms with van der Waals surface area (Å²) in [6, 6.07) is 5.80. The highest BCUT2D eigenvalue weighted by molar-refractivity contribution is 5.80. The maximum Gasteiger partial charge on any atom is 0.261 e. The van der Waals surface area contributed by atoms with Crippen LogP contribution in [0.4, 0.5) is 0 Å². The van der Waals surface area contributed by atoms with Crippen LogP contribution in [0.25, 0.3) is 10.9 Å². The van der Waals surface area contributed by atoms with E-state index >= 15 is 0 Å². The molecule has 3 rings (SSSR count). The number of fused-ring (bicyclic) bond motifs is 1. The fourth-order valence-electron chi connectivity index (χ4n) is 2.63. The predicted octanol–water partition coefficient (Wildman–Crippen LogP) is 2.55. The average Bonchev–Trinajstić information content (AvgIpc) is 2.99. The van der Waals surface area contributed by atoms with Crippen molar-refractivity contribution in [1.29, 1.82) is 0 Å². The zero-order valence-electron chi connectivity index (χ0n) is 12.2. The minimum absolute atomic E-state index is 0.0238. The van der Waals surface area contributed by atoms with E-state index in [-0.39, 0.29) is 11.6 Å². The lowest BCUT2D eigenvalue weighted by atomic mass is 10.1. The molecule has 2 heterocycles. The standard InChI is InChI=1S/C16H18N4O/c1-3-13(9-19-8-7-17-10-19)20-11-18-15-12(2)5-4-6-14(15)16(20)21/h4-8,10-11,13H,3,9H2,1-2H3/t13-/m0/s1. The van der Waals surface area contributed by atoms with Gasteiger partial charge in [0.25, 0.3) is 5.56 Å². The Kier molecular flexibility index (Phi) is 3.56. The summed E-state index contributed by atoms with van der Waals surface area (Å²) >= 11 is 0. The number of aryl methyl sites for hydroxylation is 1. The van der Waals surface area contributed by atoms with Crippen LogP contribution in [0.1, 0.15) is 24.9 Å². The van der Waals surface area contributed by atoms with Crippen LogP contribution in [-0.2, 0) is 6.54 Å². The summed E-state index contributed by atoms with van der Waals surface area (Å²) in [5.74, 6) is 0. The molecule has 0 aliphatic rings. The van der Waals surface area contributed by atoms with E-state index in [0.29, 0.717) is 5.39 Å². The molecule has 0 fully saturated rings. The molecule has 3 aromatic rings. The summed E-state index contributed by atoms with van der Waals surface area (Å²) in [5, 5.41) is 0.682. The Labute approximate surface area is 122 Å². The van der Waals surface area contributed by atoms with Crippen LogP contribution in [0, 0.1) is 6.92 Å². The van der Waals surface area contributed by atoms with Gasteiger partial charge in [-0.1, -0.05) is 19.1 Å². The quantitative estimate of drug-likeness (QED) is 0.739. The third kappa shape index (κ3) is 2.46. The number of nitrogens with zero attached hydrogens (tertiary/aromatic N) is 4. The zero-order chi connectivity index (χ0) is 14.8. The SMILES string of the molecule is CC[C@@H](Cn1ccnc1)n1cnc2c(C)cccc2c1=O. The molecule has 0 spiro atoms. The Bertz CT molecular complexity index is 805. The lowest BCUT2D eigenvalue weighted by Crippen LogP contribution is -2.27. The lowest BCUT2D eigenvalue weighted by molar-refractivity contribution is 0.406. The fraction of sp³-hybridized carbons (Fsp3) is 0.312. The predicted molar refractivity (Wildman–Crippen MR) is 82.3 cm³/mol. The van der Waals surface area contributed by atoms with Crippen LogP contribution in [0.15, 0.2) is 48.0 Å². The molecule has 5 nitrogen and oxygen atoms in total. The first kappa shape index (κ1) is 13.5. The Morgan fingerprint density at radius 1 is 1.29 bits per heavy atom. The van der Waals surface area contributed by atoms with Crippen LogP contribution in [0.5, 0.6) is 0 Å². The second kappa shape index (κ2) is 5.52. The molecule has 0 saturated carbocycles.